The van der Waals surface area contributed by atoms with Gasteiger partial charge >= 0.3 is 0 Å². The van der Waals surface area contributed by atoms with E-state index in [0.717, 1.165) is 5.92 Å². The molecule has 1 rings (SSSR count). The Hall–Kier alpha value is -0.330. The first-order valence-electron chi connectivity index (χ1n) is 5.18. The van der Waals surface area contributed by atoms with Crippen LogP contribution in [0.25, 0.3) is 0 Å². The minimum atomic E-state index is 0.608. The molecule has 0 N–H and O–H groups in total. The van der Waals surface area contributed by atoms with Crippen molar-refractivity contribution in [3.8, 4) is 0 Å². The van der Waals surface area contributed by atoms with Crippen molar-refractivity contribution < 1.29 is 0 Å². The molecule has 0 aliphatic carbocycles. The van der Waals surface area contributed by atoms with E-state index in [0.29, 0.717) is 12.0 Å². The molecule has 0 bridgehead atoms. The molecular weight excluding hydrogens is 146 g/mol. The van der Waals surface area contributed by atoms with Crippen LogP contribution in [0.4, 0.5) is 0 Å². The monoisotopic (exact) mass is 167 g/mol. The van der Waals surface area contributed by atoms with Gasteiger partial charge in [0.25, 0.3) is 0 Å². The van der Waals surface area contributed by atoms with Crippen molar-refractivity contribution in [1.82, 2.24) is 0 Å². The molecule has 1 aliphatic heterocycles. The molecule has 0 amide bonds. The lowest BCUT2D eigenvalue weighted by Crippen LogP contribution is -2.23. The fourth-order valence-corrected chi connectivity index (χ4v) is 1.75. The predicted octanol–water partition coefficient (Wildman–Crippen LogP) is 3.29. The highest BCUT2D eigenvalue weighted by Crippen LogP contribution is 2.22. The van der Waals surface area contributed by atoms with Gasteiger partial charge in [-0.1, -0.05) is 27.7 Å². The van der Waals surface area contributed by atoms with Crippen molar-refractivity contribution in [2.45, 2.75) is 53.0 Å². The third kappa shape index (κ3) is 2.33. The Morgan fingerprint density at radius 1 is 1.25 bits per heavy atom. The van der Waals surface area contributed by atoms with Gasteiger partial charge in [0.15, 0.2) is 0 Å². The molecule has 70 valence electrons. The largest absolute Gasteiger partial charge is 0.290 e. The van der Waals surface area contributed by atoms with E-state index >= 15 is 0 Å². The first kappa shape index (κ1) is 9.76. The van der Waals surface area contributed by atoms with Crippen LogP contribution in [0.5, 0.6) is 0 Å². The smallest absolute Gasteiger partial charge is 0.0522 e. The maximum atomic E-state index is 4.80. The van der Waals surface area contributed by atoms with E-state index < -0.39 is 0 Å². The molecule has 1 heteroatoms. The molecule has 0 aromatic carbocycles. The second-order valence-electron chi connectivity index (χ2n) is 4.48. The van der Waals surface area contributed by atoms with Crippen LogP contribution in [0, 0.1) is 11.8 Å². The van der Waals surface area contributed by atoms with Gasteiger partial charge < -0.3 is 0 Å². The zero-order chi connectivity index (χ0) is 9.14. The summed E-state index contributed by atoms with van der Waals surface area (Å²) in [6.45, 7) is 9.05. The van der Waals surface area contributed by atoms with Crippen molar-refractivity contribution >= 4 is 5.71 Å². The molecule has 0 radical (unpaired) electrons. The van der Waals surface area contributed by atoms with Crippen molar-refractivity contribution in [1.29, 1.82) is 0 Å². The number of hydrogen-bond donors (Lipinski definition) is 0. The minimum absolute atomic E-state index is 0.608. The molecule has 1 nitrogen and oxygen atoms in total. The second-order valence-corrected chi connectivity index (χ2v) is 4.48. The van der Waals surface area contributed by atoms with Gasteiger partial charge in [0.2, 0.25) is 0 Å². The van der Waals surface area contributed by atoms with E-state index in [4.69, 9.17) is 4.99 Å². The van der Waals surface area contributed by atoms with Crippen LogP contribution in [0.2, 0.25) is 0 Å². The Balaban J connectivity index is 2.63. The van der Waals surface area contributed by atoms with Gasteiger partial charge in [-0.25, -0.2) is 0 Å². The molecule has 0 fully saturated rings. The highest BCUT2D eigenvalue weighted by atomic mass is 14.8. The number of hydrogen-bond acceptors (Lipinski definition) is 1. The Morgan fingerprint density at radius 3 is 2.42 bits per heavy atom. The van der Waals surface area contributed by atoms with Crippen LogP contribution in [0.3, 0.4) is 0 Å². The van der Waals surface area contributed by atoms with Crippen LogP contribution in [0.15, 0.2) is 4.99 Å². The van der Waals surface area contributed by atoms with Crippen molar-refractivity contribution in [3.63, 3.8) is 0 Å². The molecule has 0 saturated carbocycles. The fourth-order valence-electron chi connectivity index (χ4n) is 1.75. The summed E-state index contributed by atoms with van der Waals surface area (Å²) in [5.74, 6) is 1.38. The van der Waals surface area contributed by atoms with Gasteiger partial charge in [-0.3, -0.25) is 4.99 Å². The summed E-state index contributed by atoms with van der Waals surface area (Å²) >= 11 is 0. The summed E-state index contributed by atoms with van der Waals surface area (Å²) in [7, 11) is 0. The van der Waals surface area contributed by atoms with Crippen LogP contribution in [0.1, 0.15) is 47.0 Å². The summed E-state index contributed by atoms with van der Waals surface area (Å²) in [4.78, 5) is 4.80. The zero-order valence-electron chi connectivity index (χ0n) is 8.80. The lowest BCUT2D eigenvalue weighted by molar-refractivity contribution is 0.438. The molecule has 1 atom stereocenters. The average Bonchev–Trinajstić information content (AvgIpc) is 2.04. The van der Waals surface area contributed by atoms with Crippen LogP contribution in [-0.4, -0.2) is 11.8 Å². The first-order chi connectivity index (χ1) is 5.61. The van der Waals surface area contributed by atoms with Crippen LogP contribution in [-0.2, 0) is 0 Å². The summed E-state index contributed by atoms with van der Waals surface area (Å²) in [5.41, 5.74) is 1.44. The van der Waals surface area contributed by atoms with Crippen molar-refractivity contribution in [3.05, 3.63) is 0 Å². The Kier molecular flexibility index (Phi) is 3.30. The van der Waals surface area contributed by atoms with E-state index in [-0.39, 0.29) is 0 Å². The minimum Gasteiger partial charge on any atom is -0.290 e. The van der Waals surface area contributed by atoms with E-state index in [1.165, 1.54) is 25.0 Å². The standard InChI is InChI=1S/C11H21N/c1-8(2)10-6-5-7-11(12-10)9(3)4/h8-10H,5-7H2,1-4H3. The molecule has 0 saturated heterocycles. The second kappa shape index (κ2) is 4.06. The van der Waals surface area contributed by atoms with Gasteiger partial charge in [-0.2, -0.15) is 0 Å². The normalized spacial score (nSPS) is 24.8. The molecule has 1 heterocycles. The molecule has 12 heavy (non-hydrogen) atoms. The van der Waals surface area contributed by atoms with Gasteiger partial charge in [0.05, 0.1) is 6.04 Å². The maximum absolute atomic E-state index is 4.80. The number of aliphatic imine (C=N–C) groups is 1. The Morgan fingerprint density at radius 2 is 1.92 bits per heavy atom. The lowest BCUT2D eigenvalue weighted by atomic mass is 9.91. The summed E-state index contributed by atoms with van der Waals surface area (Å²) in [5, 5.41) is 0. The van der Waals surface area contributed by atoms with E-state index in [2.05, 4.69) is 27.7 Å². The van der Waals surface area contributed by atoms with Gasteiger partial charge in [0, 0.05) is 5.71 Å². The lowest BCUT2D eigenvalue weighted by Gasteiger charge is -2.24. The predicted molar refractivity (Wildman–Crippen MR) is 54.8 cm³/mol. The molecule has 1 aliphatic rings. The van der Waals surface area contributed by atoms with Crippen molar-refractivity contribution in [2.75, 3.05) is 0 Å². The van der Waals surface area contributed by atoms with Crippen LogP contribution < -0.4 is 0 Å². The maximum Gasteiger partial charge on any atom is 0.0522 e. The third-order valence-electron chi connectivity index (χ3n) is 2.70. The SMILES string of the molecule is CC(C)C1=NC(C(C)C)CCC1. The fraction of sp³-hybridized carbons (Fsp3) is 0.909. The molecule has 1 unspecified atom stereocenters. The highest BCUT2D eigenvalue weighted by Gasteiger charge is 2.18. The van der Waals surface area contributed by atoms with Crippen LogP contribution >= 0.6 is 0 Å². The Labute approximate surface area is 76.3 Å². The van der Waals surface area contributed by atoms with E-state index in [9.17, 15) is 0 Å². The van der Waals surface area contributed by atoms with Crippen molar-refractivity contribution in [2.24, 2.45) is 16.8 Å². The number of rotatable bonds is 2. The highest BCUT2D eigenvalue weighted by molar-refractivity contribution is 5.86. The summed E-state index contributed by atoms with van der Waals surface area (Å²) in [6, 6.07) is 0.608. The molecule has 0 spiro atoms. The van der Waals surface area contributed by atoms with E-state index in [1.54, 1.807) is 0 Å². The molecule has 0 aromatic rings. The first-order valence-corrected chi connectivity index (χ1v) is 5.18. The zero-order valence-corrected chi connectivity index (χ0v) is 8.80. The summed E-state index contributed by atoms with van der Waals surface area (Å²) < 4.78 is 0. The Bertz CT molecular complexity index is 168. The van der Waals surface area contributed by atoms with Gasteiger partial charge in [-0.05, 0) is 31.1 Å². The summed E-state index contributed by atoms with van der Waals surface area (Å²) in [6.07, 6.45) is 3.88. The quantitative estimate of drug-likeness (QED) is 0.598. The third-order valence-corrected chi connectivity index (χ3v) is 2.70. The average molecular weight is 167 g/mol. The van der Waals surface area contributed by atoms with Gasteiger partial charge in [-0.15, -0.1) is 0 Å². The topological polar surface area (TPSA) is 12.4 Å². The van der Waals surface area contributed by atoms with Gasteiger partial charge in [0.1, 0.15) is 0 Å². The van der Waals surface area contributed by atoms with E-state index in [1.807, 2.05) is 0 Å². The molecule has 0 aromatic heterocycles. The molecular formula is C11H21N. The number of nitrogens with zero attached hydrogens (tertiary/aromatic N) is 1.